The van der Waals surface area contributed by atoms with Crippen molar-refractivity contribution in [1.82, 2.24) is 0 Å². The van der Waals surface area contributed by atoms with E-state index in [1.165, 1.54) is 5.56 Å². The fraction of sp³-hybridized carbons (Fsp3) is 0.476. The second-order valence-corrected chi connectivity index (χ2v) is 7.33. The van der Waals surface area contributed by atoms with Crippen LogP contribution in [-0.2, 0) is 11.2 Å². The van der Waals surface area contributed by atoms with Crippen LogP contribution in [0, 0.1) is 11.3 Å². The first-order valence-corrected chi connectivity index (χ1v) is 8.79. The van der Waals surface area contributed by atoms with E-state index in [2.05, 4.69) is 19.1 Å². The topological polar surface area (TPSA) is 57.5 Å². The summed E-state index contributed by atoms with van der Waals surface area (Å²) in [4.78, 5) is 11.5. The largest absolute Gasteiger partial charge is 0.508 e. The van der Waals surface area contributed by atoms with E-state index in [9.17, 15) is 15.0 Å². The number of carboxylic acid groups (broad SMARTS) is 1. The molecule has 3 nitrogen and oxygen atoms in total. The summed E-state index contributed by atoms with van der Waals surface area (Å²) in [6.45, 7) is 6.10. The van der Waals surface area contributed by atoms with Crippen LogP contribution in [0.25, 0.3) is 10.8 Å². The molecule has 3 heteroatoms. The zero-order valence-corrected chi connectivity index (χ0v) is 14.9. The van der Waals surface area contributed by atoms with Crippen molar-refractivity contribution in [1.29, 1.82) is 0 Å². The number of carbonyl (C=O) groups is 1. The predicted octanol–water partition coefficient (Wildman–Crippen LogP) is 5.40. The lowest BCUT2D eigenvalue weighted by molar-refractivity contribution is -0.149. The molecule has 0 fully saturated rings. The lowest BCUT2D eigenvalue weighted by atomic mass is 9.78. The van der Waals surface area contributed by atoms with Crippen molar-refractivity contribution < 1.29 is 15.0 Å². The molecule has 0 aliphatic heterocycles. The molecule has 2 atom stereocenters. The highest BCUT2D eigenvalue weighted by Crippen LogP contribution is 2.32. The number of aliphatic carboxylic acids is 1. The zero-order chi connectivity index (χ0) is 17.7. The number of aromatic hydroxyl groups is 1. The number of carboxylic acids is 1. The van der Waals surface area contributed by atoms with Gasteiger partial charge in [-0.15, -0.1) is 0 Å². The Kier molecular flexibility index (Phi) is 5.87. The highest BCUT2D eigenvalue weighted by Gasteiger charge is 2.31. The highest BCUT2D eigenvalue weighted by molar-refractivity contribution is 5.84. The SMILES string of the molecule is CCCC(C)(CCC(C)Cc1ccc2cc(O)ccc2c1)C(=O)O. The molecule has 2 aromatic rings. The van der Waals surface area contributed by atoms with Crippen LogP contribution in [0.5, 0.6) is 5.75 Å². The molecular formula is C21H28O3. The lowest BCUT2D eigenvalue weighted by Crippen LogP contribution is -2.28. The standard InChI is InChI=1S/C21H28O3/c1-4-10-21(3,20(23)24)11-9-15(2)12-16-5-6-18-14-19(22)8-7-17(18)13-16/h5-8,13-15,22H,4,9-12H2,1-3H3,(H,23,24). The molecular weight excluding hydrogens is 300 g/mol. The summed E-state index contributed by atoms with van der Waals surface area (Å²) in [6.07, 6.45) is 4.21. The van der Waals surface area contributed by atoms with E-state index in [1.807, 2.05) is 26.0 Å². The Balaban J connectivity index is 2.00. The van der Waals surface area contributed by atoms with E-state index in [1.54, 1.807) is 12.1 Å². The molecule has 0 amide bonds. The molecule has 24 heavy (non-hydrogen) atoms. The number of hydrogen-bond donors (Lipinski definition) is 2. The predicted molar refractivity (Wildman–Crippen MR) is 98.4 cm³/mol. The van der Waals surface area contributed by atoms with Crippen molar-refractivity contribution in [2.24, 2.45) is 11.3 Å². The van der Waals surface area contributed by atoms with Crippen molar-refractivity contribution in [2.75, 3.05) is 0 Å². The molecule has 0 aromatic heterocycles. The third-order valence-electron chi connectivity index (χ3n) is 4.98. The van der Waals surface area contributed by atoms with Gasteiger partial charge in [0.15, 0.2) is 0 Å². The average Bonchev–Trinajstić information content (AvgIpc) is 2.53. The van der Waals surface area contributed by atoms with Crippen LogP contribution in [0.2, 0.25) is 0 Å². The van der Waals surface area contributed by atoms with Crippen molar-refractivity contribution in [3.8, 4) is 5.75 Å². The third kappa shape index (κ3) is 4.50. The van der Waals surface area contributed by atoms with Gasteiger partial charge in [-0.1, -0.05) is 44.5 Å². The van der Waals surface area contributed by atoms with Gasteiger partial charge >= 0.3 is 5.97 Å². The van der Waals surface area contributed by atoms with Crippen molar-refractivity contribution in [2.45, 2.75) is 52.9 Å². The normalized spacial score (nSPS) is 15.1. The minimum Gasteiger partial charge on any atom is -0.508 e. The van der Waals surface area contributed by atoms with Crippen LogP contribution in [0.1, 0.15) is 52.0 Å². The van der Waals surface area contributed by atoms with E-state index in [0.29, 0.717) is 5.92 Å². The molecule has 2 rings (SSSR count). The average molecular weight is 328 g/mol. The molecule has 0 saturated heterocycles. The van der Waals surface area contributed by atoms with Crippen LogP contribution < -0.4 is 0 Å². The van der Waals surface area contributed by atoms with Crippen molar-refractivity contribution in [3.05, 3.63) is 42.0 Å². The molecule has 0 aliphatic rings. The summed E-state index contributed by atoms with van der Waals surface area (Å²) < 4.78 is 0. The second-order valence-electron chi connectivity index (χ2n) is 7.33. The zero-order valence-electron chi connectivity index (χ0n) is 14.9. The van der Waals surface area contributed by atoms with Gasteiger partial charge < -0.3 is 10.2 Å². The number of fused-ring (bicyclic) bond motifs is 1. The molecule has 130 valence electrons. The van der Waals surface area contributed by atoms with E-state index in [4.69, 9.17) is 0 Å². The second kappa shape index (κ2) is 7.69. The minimum absolute atomic E-state index is 0.285. The first kappa shape index (κ1) is 18.3. The molecule has 0 saturated carbocycles. The Labute approximate surface area is 144 Å². The Morgan fingerprint density at radius 3 is 2.46 bits per heavy atom. The first-order valence-electron chi connectivity index (χ1n) is 8.79. The molecule has 2 unspecified atom stereocenters. The Hall–Kier alpha value is -2.03. The van der Waals surface area contributed by atoms with Gasteiger partial charge in [-0.25, -0.2) is 0 Å². The minimum atomic E-state index is -0.679. The number of benzene rings is 2. The Morgan fingerprint density at radius 2 is 1.79 bits per heavy atom. The molecule has 2 N–H and O–H groups in total. The van der Waals surface area contributed by atoms with Gasteiger partial charge in [0, 0.05) is 0 Å². The van der Waals surface area contributed by atoms with E-state index < -0.39 is 11.4 Å². The van der Waals surface area contributed by atoms with Crippen molar-refractivity contribution in [3.63, 3.8) is 0 Å². The van der Waals surface area contributed by atoms with Crippen LogP contribution >= 0.6 is 0 Å². The number of phenolic OH excluding ortho intramolecular Hbond substituents is 1. The molecule has 0 spiro atoms. The summed E-state index contributed by atoms with van der Waals surface area (Å²) in [5.74, 6) is 0.0460. The van der Waals surface area contributed by atoms with Crippen LogP contribution in [0.4, 0.5) is 0 Å². The smallest absolute Gasteiger partial charge is 0.309 e. The van der Waals surface area contributed by atoms with Gasteiger partial charge in [-0.3, -0.25) is 4.79 Å². The quantitative estimate of drug-likeness (QED) is 0.682. The number of rotatable bonds is 8. The lowest BCUT2D eigenvalue weighted by Gasteiger charge is -2.25. The van der Waals surface area contributed by atoms with Crippen LogP contribution in [0.3, 0.4) is 0 Å². The maximum Gasteiger partial charge on any atom is 0.309 e. The fourth-order valence-corrected chi connectivity index (χ4v) is 3.37. The van der Waals surface area contributed by atoms with E-state index in [0.717, 1.165) is 42.9 Å². The number of phenols is 1. The highest BCUT2D eigenvalue weighted by atomic mass is 16.4. The summed E-state index contributed by atoms with van der Waals surface area (Å²) >= 11 is 0. The third-order valence-corrected chi connectivity index (χ3v) is 4.98. The maximum atomic E-state index is 11.5. The van der Waals surface area contributed by atoms with Gasteiger partial charge in [0.2, 0.25) is 0 Å². The monoisotopic (exact) mass is 328 g/mol. The van der Waals surface area contributed by atoms with E-state index >= 15 is 0 Å². The van der Waals surface area contributed by atoms with E-state index in [-0.39, 0.29) is 5.75 Å². The summed E-state index contributed by atoms with van der Waals surface area (Å²) in [7, 11) is 0. The van der Waals surface area contributed by atoms with Crippen molar-refractivity contribution >= 4 is 16.7 Å². The first-order chi connectivity index (χ1) is 11.3. The van der Waals surface area contributed by atoms with Crippen LogP contribution in [-0.4, -0.2) is 16.2 Å². The van der Waals surface area contributed by atoms with Crippen LogP contribution in [0.15, 0.2) is 36.4 Å². The maximum absolute atomic E-state index is 11.5. The van der Waals surface area contributed by atoms with Gasteiger partial charge in [-0.2, -0.15) is 0 Å². The Bertz CT molecular complexity index is 707. The molecule has 0 aliphatic carbocycles. The molecule has 0 radical (unpaired) electrons. The number of hydrogen-bond acceptors (Lipinski definition) is 2. The fourth-order valence-electron chi connectivity index (χ4n) is 3.37. The molecule has 2 aromatic carbocycles. The summed E-state index contributed by atoms with van der Waals surface area (Å²) in [6, 6.07) is 11.7. The van der Waals surface area contributed by atoms with Gasteiger partial charge in [0.25, 0.3) is 0 Å². The van der Waals surface area contributed by atoms with Gasteiger partial charge in [0.1, 0.15) is 5.75 Å². The molecule has 0 heterocycles. The summed E-state index contributed by atoms with van der Waals surface area (Å²) in [5, 5.41) is 21.2. The Morgan fingerprint density at radius 1 is 1.12 bits per heavy atom. The summed E-state index contributed by atoms with van der Waals surface area (Å²) in [5.41, 5.74) is 0.650. The van der Waals surface area contributed by atoms with Gasteiger partial charge in [0.05, 0.1) is 5.41 Å². The van der Waals surface area contributed by atoms with Gasteiger partial charge in [-0.05, 0) is 67.0 Å². The molecule has 0 bridgehead atoms.